The Morgan fingerprint density at radius 1 is 1.20 bits per heavy atom. The fourth-order valence-corrected chi connectivity index (χ4v) is 2.82. The lowest BCUT2D eigenvalue weighted by molar-refractivity contribution is -0.161. The van der Waals surface area contributed by atoms with Crippen molar-refractivity contribution in [1.82, 2.24) is 9.55 Å². The predicted molar refractivity (Wildman–Crippen MR) is 108 cm³/mol. The molecular weight excluding hydrogens is 394 g/mol. The van der Waals surface area contributed by atoms with Crippen LogP contribution in [0, 0.1) is 11.8 Å². The monoisotopic (exact) mass is 425 g/mol. The molecule has 0 radical (unpaired) electrons. The molecule has 2 rings (SSSR count). The molecule has 0 bridgehead atoms. The number of anilines is 1. The Hall–Kier alpha value is -2.50. The van der Waals surface area contributed by atoms with E-state index in [4.69, 9.17) is 31.4 Å². The number of carbonyl (C=O) groups excluding carboxylic acids is 2. The molecule has 1 aliphatic rings. The van der Waals surface area contributed by atoms with Crippen LogP contribution >= 0.6 is 0 Å². The molecule has 30 heavy (non-hydrogen) atoms. The Morgan fingerprint density at radius 3 is 2.37 bits per heavy atom. The summed E-state index contributed by atoms with van der Waals surface area (Å²) >= 11 is 0. The van der Waals surface area contributed by atoms with E-state index < -0.39 is 48.1 Å². The molecule has 11 nitrogen and oxygen atoms in total. The number of ether oxygens (including phenoxy) is 3. The quantitative estimate of drug-likeness (QED) is 0.462. The highest BCUT2D eigenvalue weighted by molar-refractivity contribution is 5.76. The number of aromatic nitrogens is 2. The number of esters is 2. The van der Waals surface area contributed by atoms with Gasteiger partial charge in [0, 0.05) is 12.6 Å². The van der Waals surface area contributed by atoms with E-state index in [1.807, 2.05) is 0 Å². The Bertz CT molecular complexity index is 811. The van der Waals surface area contributed by atoms with E-state index in [-0.39, 0.29) is 30.7 Å². The topological polar surface area (TPSA) is 175 Å². The molecule has 1 aromatic heterocycles. The number of rotatable bonds is 8. The molecule has 5 atom stereocenters. The van der Waals surface area contributed by atoms with Crippen molar-refractivity contribution in [3.05, 3.63) is 22.7 Å². The molecule has 1 saturated heterocycles. The van der Waals surface area contributed by atoms with Crippen LogP contribution in [0.3, 0.4) is 0 Å². The molecule has 0 amide bonds. The van der Waals surface area contributed by atoms with Gasteiger partial charge in [0.15, 0.2) is 0 Å². The van der Waals surface area contributed by atoms with Crippen LogP contribution in [0.5, 0.6) is 0 Å². The van der Waals surface area contributed by atoms with Crippen molar-refractivity contribution in [2.45, 2.75) is 64.6 Å². The van der Waals surface area contributed by atoms with Crippen LogP contribution in [0.1, 0.15) is 40.3 Å². The van der Waals surface area contributed by atoms with Crippen molar-refractivity contribution in [2.75, 3.05) is 12.3 Å². The van der Waals surface area contributed by atoms with E-state index in [1.54, 1.807) is 27.7 Å². The minimum Gasteiger partial charge on any atom is -0.462 e. The van der Waals surface area contributed by atoms with E-state index in [2.05, 4.69) is 4.98 Å². The molecule has 0 aliphatic carbocycles. The summed E-state index contributed by atoms with van der Waals surface area (Å²) < 4.78 is 17.9. The van der Waals surface area contributed by atoms with Gasteiger partial charge < -0.3 is 31.4 Å². The summed E-state index contributed by atoms with van der Waals surface area (Å²) in [7, 11) is 0. The fourth-order valence-electron chi connectivity index (χ4n) is 2.82. The van der Waals surface area contributed by atoms with E-state index in [0.717, 1.165) is 0 Å². The van der Waals surface area contributed by atoms with Crippen LogP contribution in [0.4, 0.5) is 5.82 Å². The van der Waals surface area contributed by atoms with Crippen LogP contribution < -0.4 is 22.9 Å². The minimum atomic E-state index is -0.817. The van der Waals surface area contributed by atoms with E-state index >= 15 is 0 Å². The smallest absolute Gasteiger partial charge is 0.351 e. The van der Waals surface area contributed by atoms with Crippen molar-refractivity contribution in [3.63, 3.8) is 0 Å². The van der Waals surface area contributed by atoms with E-state index in [0.29, 0.717) is 0 Å². The molecule has 1 aliphatic heterocycles. The first-order valence-electron chi connectivity index (χ1n) is 9.89. The Balaban J connectivity index is 2.16. The Morgan fingerprint density at radius 2 is 1.80 bits per heavy atom. The molecule has 1 aromatic rings. The van der Waals surface area contributed by atoms with Gasteiger partial charge in [-0.15, -0.1) is 0 Å². The average Bonchev–Trinajstić information content (AvgIpc) is 3.06. The van der Waals surface area contributed by atoms with Crippen molar-refractivity contribution in [2.24, 2.45) is 23.3 Å². The lowest BCUT2D eigenvalue weighted by Crippen LogP contribution is -2.42. The summed E-state index contributed by atoms with van der Waals surface area (Å²) in [6.07, 6.45) is -0.760. The number of nitrogens with two attached hydrogens (primary N) is 3. The second kappa shape index (κ2) is 10.0. The van der Waals surface area contributed by atoms with Crippen molar-refractivity contribution in [3.8, 4) is 0 Å². The highest BCUT2D eigenvalue weighted by atomic mass is 16.6. The van der Waals surface area contributed by atoms with Gasteiger partial charge in [-0.25, -0.2) is 4.79 Å². The lowest BCUT2D eigenvalue weighted by Gasteiger charge is -2.22. The third-order valence-corrected chi connectivity index (χ3v) is 4.98. The van der Waals surface area contributed by atoms with Crippen molar-refractivity contribution < 1.29 is 23.8 Å². The first kappa shape index (κ1) is 23.8. The number of hydrogen-bond donors (Lipinski definition) is 3. The molecule has 2 heterocycles. The first-order chi connectivity index (χ1) is 14.0. The third-order valence-electron chi connectivity index (χ3n) is 4.98. The van der Waals surface area contributed by atoms with Gasteiger partial charge in [0.05, 0.1) is 0 Å². The van der Waals surface area contributed by atoms with Gasteiger partial charge in [0.2, 0.25) is 0 Å². The van der Waals surface area contributed by atoms with Gasteiger partial charge in [0.25, 0.3) is 0 Å². The van der Waals surface area contributed by atoms with Crippen LogP contribution in [-0.4, -0.2) is 52.4 Å². The fraction of sp³-hybridized carbons (Fsp3) is 0.684. The Kier molecular flexibility index (Phi) is 7.93. The van der Waals surface area contributed by atoms with Crippen LogP contribution in [0.25, 0.3) is 0 Å². The molecule has 0 saturated carbocycles. The molecule has 2 unspecified atom stereocenters. The lowest BCUT2D eigenvalue weighted by atomic mass is 10.1. The normalized spacial score (nSPS) is 23.4. The average molecular weight is 425 g/mol. The summed E-state index contributed by atoms with van der Waals surface area (Å²) in [4.78, 5) is 40.3. The summed E-state index contributed by atoms with van der Waals surface area (Å²) in [5, 5.41) is 0. The second-order valence-electron chi connectivity index (χ2n) is 8.05. The molecular formula is C19H31N5O6. The van der Waals surface area contributed by atoms with Crippen LogP contribution in [0.15, 0.2) is 17.1 Å². The van der Waals surface area contributed by atoms with Gasteiger partial charge >= 0.3 is 17.6 Å². The molecule has 11 heteroatoms. The number of nitrogen functional groups attached to an aromatic ring is 1. The van der Waals surface area contributed by atoms with Gasteiger partial charge in [0.1, 0.15) is 42.9 Å². The number of carbonyl (C=O) groups is 2. The van der Waals surface area contributed by atoms with E-state index in [1.165, 1.54) is 16.8 Å². The Labute approximate surface area is 174 Å². The minimum absolute atomic E-state index is 0.0771. The molecule has 168 valence electrons. The zero-order valence-corrected chi connectivity index (χ0v) is 17.7. The summed E-state index contributed by atoms with van der Waals surface area (Å²) in [5.74, 6) is -1.34. The van der Waals surface area contributed by atoms with Gasteiger partial charge in [-0.3, -0.25) is 14.2 Å². The van der Waals surface area contributed by atoms with Gasteiger partial charge in [-0.1, -0.05) is 27.7 Å². The third kappa shape index (κ3) is 5.77. The van der Waals surface area contributed by atoms with Crippen molar-refractivity contribution >= 4 is 17.8 Å². The SMILES string of the molecule is CC(C)C(N)C(=O)OC[C@@H]1O[C@@H](n2ccc(N)nc2=O)C[C@H]1OC(=O)C(N)C(C)C. The molecule has 1 fully saturated rings. The van der Waals surface area contributed by atoms with Gasteiger partial charge in [-0.2, -0.15) is 4.98 Å². The number of nitrogens with zero attached hydrogens (tertiary/aromatic N) is 2. The molecule has 6 N–H and O–H groups in total. The zero-order valence-electron chi connectivity index (χ0n) is 17.7. The van der Waals surface area contributed by atoms with Gasteiger partial charge in [-0.05, 0) is 17.9 Å². The van der Waals surface area contributed by atoms with Crippen LogP contribution in [-0.2, 0) is 23.8 Å². The van der Waals surface area contributed by atoms with Crippen molar-refractivity contribution in [1.29, 1.82) is 0 Å². The summed E-state index contributed by atoms with van der Waals surface area (Å²) in [5.41, 5.74) is 16.6. The largest absolute Gasteiger partial charge is 0.462 e. The maximum atomic E-state index is 12.3. The highest BCUT2D eigenvalue weighted by Crippen LogP contribution is 2.31. The highest BCUT2D eigenvalue weighted by Gasteiger charge is 2.41. The zero-order chi connectivity index (χ0) is 22.6. The summed E-state index contributed by atoms with van der Waals surface area (Å²) in [6, 6.07) is -0.154. The molecule has 0 aromatic carbocycles. The molecule has 0 spiro atoms. The maximum Gasteiger partial charge on any atom is 0.351 e. The summed E-state index contributed by atoms with van der Waals surface area (Å²) in [6.45, 7) is 7.00. The van der Waals surface area contributed by atoms with E-state index in [9.17, 15) is 14.4 Å². The standard InChI is InChI=1S/C19H31N5O6/c1-9(2)15(21)17(25)28-8-12-11(30-18(26)16(22)10(3)4)7-14(29-12)24-6-5-13(20)23-19(24)27/h5-6,9-12,14-16H,7-8,21-22H2,1-4H3,(H2,20,23,27)/t11-,12+,14-,15?,16?/m1/s1. The predicted octanol–water partition coefficient (Wildman–Crippen LogP) is -0.465. The second-order valence-corrected chi connectivity index (χ2v) is 8.05. The number of hydrogen-bond acceptors (Lipinski definition) is 10. The maximum absolute atomic E-state index is 12.3. The van der Waals surface area contributed by atoms with Crippen LogP contribution in [0.2, 0.25) is 0 Å². The first-order valence-corrected chi connectivity index (χ1v) is 9.89.